The number of anilines is 1. The first kappa shape index (κ1) is 42.7. The van der Waals surface area contributed by atoms with Crippen molar-refractivity contribution in [3.8, 4) is 11.8 Å². The standard InChI is InChI=1S/C49H56ClN9O4/c1-48(2,36-27-33(30-51)28-37(50)29-36)35-7-9-40(10-8-35)63-32-38-13-20-52-46(53-38)58-25-18-49(19-26-58)16-23-57(24-17-49)39-14-21-56(22-15-39)31-34-5-4-6-41-44(34)55(3)47(62)59(41)42-11-12-43(60)54-45(42)61/h4-10,13,20,27-29,39,42H,11-12,14-19,21-26,31-32H2,1-3H3,(H,54,60,61). The summed E-state index contributed by atoms with van der Waals surface area (Å²) in [7, 11) is 1.78. The molecule has 13 nitrogen and oxygen atoms in total. The molecule has 6 heterocycles. The van der Waals surface area contributed by atoms with Crippen molar-refractivity contribution in [3.05, 3.63) is 116 Å². The Labute approximate surface area is 373 Å². The van der Waals surface area contributed by atoms with Crippen LogP contribution in [0.4, 0.5) is 5.95 Å². The minimum absolute atomic E-state index is 0.225. The third-order valence-corrected chi connectivity index (χ3v) is 14.8. The average molecular weight is 870 g/mol. The van der Waals surface area contributed by atoms with Gasteiger partial charge in [0, 0.05) is 55.8 Å². The van der Waals surface area contributed by atoms with Gasteiger partial charge in [-0.05, 0) is 136 Å². The number of imidazole rings is 1. The van der Waals surface area contributed by atoms with Gasteiger partial charge in [0.25, 0.3) is 0 Å². The number of nitrogens with zero attached hydrogens (tertiary/aromatic N) is 8. The summed E-state index contributed by atoms with van der Waals surface area (Å²) >= 11 is 6.32. The van der Waals surface area contributed by atoms with Crippen molar-refractivity contribution in [2.24, 2.45) is 12.5 Å². The predicted molar refractivity (Wildman–Crippen MR) is 243 cm³/mol. The van der Waals surface area contributed by atoms with Crippen molar-refractivity contribution >= 4 is 40.4 Å². The minimum atomic E-state index is -0.682. The largest absolute Gasteiger partial charge is 0.487 e. The van der Waals surface area contributed by atoms with Crippen LogP contribution in [0.15, 0.2) is 77.7 Å². The number of imide groups is 1. The van der Waals surface area contributed by atoms with E-state index in [0.717, 1.165) is 117 Å². The molecule has 1 atom stereocenters. The highest BCUT2D eigenvalue weighted by Gasteiger charge is 2.40. The number of halogens is 1. The maximum atomic E-state index is 13.4. The lowest BCUT2D eigenvalue weighted by atomic mass is 9.71. The normalized spacial score (nSPS) is 20.2. The van der Waals surface area contributed by atoms with E-state index in [2.05, 4.69) is 63.1 Å². The van der Waals surface area contributed by atoms with E-state index in [4.69, 9.17) is 21.3 Å². The molecule has 0 aliphatic carbocycles. The molecule has 5 aromatic rings. The first-order valence-corrected chi connectivity index (χ1v) is 22.8. The van der Waals surface area contributed by atoms with Crippen molar-refractivity contribution in [2.45, 2.75) is 95.9 Å². The summed E-state index contributed by atoms with van der Waals surface area (Å²) in [5.41, 5.74) is 5.98. The Hall–Kier alpha value is -5.55. The number of aromatic nitrogens is 4. The Morgan fingerprint density at radius 3 is 2.35 bits per heavy atom. The Bertz CT molecular complexity index is 2610. The van der Waals surface area contributed by atoms with Crippen molar-refractivity contribution in [1.82, 2.24) is 34.2 Å². The van der Waals surface area contributed by atoms with Gasteiger partial charge in [0.15, 0.2) is 0 Å². The van der Waals surface area contributed by atoms with Crippen molar-refractivity contribution in [3.63, 3.8) is 0 Å². The molecule has 1 N–H and O–H groups in total. The average Bonchev–Trinajstić information content (AvgIpc) is 3.55. The number of ether oxygens (including phenoxy) is 1. The Morgan fingerprint density at radius 1 is 0.905 bits per heavy atom. The predicted octanol–water partition coefficient (Wildman–Crippen LogP) is 6.88. The van der Waals surface area contributed by atoms with Gasteiger partial charge in [-0.2, -0.15) is 5.26 Å². The van der Waals surface area contributed by atoms with Crippen LogP contribution in [-0.4, -0.2) is 86.0 Å². The lowest BCUT2D eigenvalue weighted by molar-refractivity contribution is -0.135. The van der Waals surface area contributed by atoms with Gasteiger partial charge in [0.05, 0.1) is 28.4 Å². The second-order valence-corrected chi connectivity index (χ2v) is 19.1. The lowest BCUT2D eigenvalue weighted by Gasteiger charge is -2.49. The molecular weight excluding hydrogens is 814 g/mol. The number of hydrogen-bond donors (Lipinski definition) is 1. The first-order valence-electron chi connectivity index (χ1n) is 22.4. The van der Waals surface area contributed by atoms with E-state index in [0.29, 0.717) is 35.1 Å². The molecule has 1 spiro atoms. The Morgan fingerprint density at radius 2 is 1.63 bits per heavy atom. The second-order valence-electron chi connectivity index (χ2n) is 18.6. The van der Waals surface area contributed by atoms with Gasteiger partial charge in [0.2, 0.25) is 17.8 Å². The smallest absolute Gasteiger partial charge is 0.329 e. The van der Waals surface area contributed by atoms with Gasteiger partial charge >= 0.3 is 5.69 Å². The number of amides is 2. The van der Waals surface area contributed by atoms with Crippen LogP contribution in [0.1, 0.15) is 99.2 Å². The molecule has 4 aliphatic heterocycles. The molecule has 2 aromatic heterocycles. The number of nitrogens with one attached hydrogen (secondary N) is 1. The molecule has 3 aromatic carbocycles. The van der Waals surface area contributed by atoms with Crippen LogP contribution < -0.4 is 20.6 Å². The first-order chi connectivity index (χ1) is 30.4. The van der Waals surface area contributed by atoms with Gasteiger partial charge in [-0.25, -0.2) is 14.8 Å². The molecule has 4 fully saturated rings. The highest BCUT2D eigenvalue weighted by molar-refractivity contribution is 6.30. The van der Waals surface area contributed by atoms with Gasteiger partial charge in [-0.1, -0.05) is 49.7 Å². The molecule has 328 valence electrons. The summed E-state index contributed by atoms with van der Waals surface area (Å²) in [5, 5.41) is 12.4. The van der Waals surface area contributed by atoms with E-state index in [1.165, 1.54) is 12.8 Å². The topological polar surface area (TPSA) is 142 Å². The number of benzene rings is 3. The molecule has 9 rings (SSSR count). The van der Waals surface area contributed by atoms with E-state index in [1.807, 2.05) is 48.7 Å². The monoisotopic (exact) mass is 869 g/mol. The van der Waals surface area contributed by atoms with Crippen LogP contribution in [0.25, 0.3) is 11.0 Å². The highest BCUT2D eigenvalue weighted by atomic mass is 35.5. The summed E-state index contributed by atoms with van der Waals surface area (Å²) in [6.45, 7) is 11.6. The van der Waals surface area contributed by atoms with Crippen LogP contribution in [0.2, 0.25) is 5.02 Å². The third-order valence-electron chi connectivity index (χ3n) is 14.6. The molecule has 0 bridgehead atoms. The van der Waals surface area contributed by atoms with Crippen LogP contribution in [-0.2, 0) is 35.2 Å². The van der Waals surface area contributed by atoms with Crippen LogP contribution >= 0.6 is 11.6 Å². The molecule has 63 heavy (non-hydrogen) atoms. The van der Waals surface area contributed by atoms with Crippen molar-refractivity contribution < 1.29 is 14.3 Å². The van der Waals surface area contributed by atoms with E-state index in [9.17, 15) is 19.6 Å². The lowest BCUT2D eigenvalue weighted by Crippen LogP contribution is -2.52. The summed E-state index contributed by atoms with van der Waals surface area (Å²) in [6, 6.07) is 23.6. The van der Waals surface area contributed by atoms with Crippen molar-refractivity contribution in [1.29, 1.82) is 5.26 Å². The summed E-state index contributed by atoms with van der Waals surface area (Å²) in [4.78, 5) is 55.1. The van der Waals surface area contributed by atoms with Gasteiger partial charge < -0.3 is 14.5 Å². The van der Waals surface area contributed by atoms with E-state index in [-0.39, 0.29) is 23.4 Å². The maximum Gasteiger partial charge on any atom is 0.329 e. The van der Waals surface area contributed by atoms with E-state index in [1.54, 1.807) is 22.2 Å². The Balaban J connectivity index is 0.739. The van der Waals surface area contributed by atoms with Crippen LogP contribution in [0.5, 0.6) is 5.75 Å². The van der Waals surface area contributed by atoms with Crippen molar-refractivity contribution in [2.75, 3.05) is 44.2 Å². The number of likely N-dealkylation sites (tertiary alicyclic amines) is 2. The molecule has 0 saturated carbocycles. The summed E-state index contributed by atoms with van der Waals surface area (Å²) in [5.74, 6) is 0.843. The zero-order valence-corrected chi connectivity index (χ0v) is 37.2. The molecule has 2 amide bonds. The number of carbonyl (C=O) groups is 2. The van der Waals surface area contributed by atoms with E-state index < -0.39 is 11.9 Å². The molecule has 4 saturated heterocycles. The highest BCUT2D eigenvalue weighted by Crippen LogP contribution is 2.43. The summed E-state index contributed by atoms with van der Waals surface area (Å²) in [6.07, 6.45) is 9.41. The number of para-hydroxylation sites is 1. The number of hydrogen-bond acceptors (Lipinski definition) is 10. The molecule has 0 radical (unpaired) electrons. The maximum absolute atomic E-state index is 13.4. The number of piperidine rings is 4. The molecular formula is C49H56ClN9O4. The fourth-order valence-electron chi connectivity index (χ4n) is 10.5. The number of carbonyl (C=O) groups excluding carboxylic acids is 2. The summed E-state index contributed by atoms with van der Waals surface area (Å²) < 4.78 is 9.42. The van der Waals surface area contributed by atoms with Crippen LogP contribution in [0.3, 0.4) is 0 Å². The van der Waals surface area contributed by atoms with E-state index >= 15 is 0 Å². The SMILES string of the molecule is Cn1c(=O)n(C2CCC(=O)NC2=O)c2cccc(CN3CCC(N4CCC5(CCN(c6nccc(COc7ccc(C(C)(C)c8cc(Cl)cc(C#N)c8)cc7)n6)CC5)CC4)CC3)c21. The van der Waals surface area contributed by atoms with Crippen LogP contribution in [0, 0.1) is 16.7 Å². The third kappa shape index (κ3) is 8.73. The number of nitriles is 1. The quantitative estimate of drug-likeness (QED) is 0.148. The molecule has 14 heteroatoms. The fraction of sp³-hybridized carbons (Fsp3) is 0.469. The zero-order valence-electron chi connectivity index (χ0n) is 36.5. The zero-order chi connectivity index (χ0) is 43.9. The number of fused-ring (bicyclic) bond motifs is 1. The molecule has 4 aliphatic rings. The molecule has 1 unspecified atom stereocenters. The minimum Gasteiger partial charge on any atom is -0.487 e. The fourth-order valence-corrected chi connectivity index (χ4v) is 10.8. The van der Waals surface area contributed by atoms with Gasteiger partial charge in [-0.3, -0.25) is 28.9 Å². The number of rotatable bonds is 10. The second kappa shape index (κ2) is 17.5. The van der Waals surface area contributed by atoms with Gasteiger partial charge in [0.1, 0.15) is 18.4 Å². The Kier molecular flexibility index (Phi) is 11.9. The number of aryl methyl sites for hydroxylation is 1. The van der Waals surface area contributed by atoms with Gasteiger partial charge in [-0.15, -0.1) is 0 Å².